The van der Waals surface area contributed by atoms with Crippen LogP contribution < -0.4 is 4.74 Å². The standard InChI is InChI=1S/C10H5F4IN2O2/c1-18-9-6(10(12,13)14)7(11)16-8(17-9)4-2-3-5(15)19-4/h2-3H,1H3. The molecular weight excluding hydrogens is 383 g/mol. The SMILES string of the molecule is COc1nc(-c2ccc(I)o2)nc(F)c1C(F)(F)F. The molecule has 0 aliphatic heterocycles. The number of hydrogen-bond acceptors (Lipinski definition) is 4. The van der Waals surface area contributed by atoms with Crippen LogP contribution in [0.15, 0.2) is 16.5 Å². The van der Waals surface area contributed by atoms with Crippen molar-refractivity contribution in [2.45, 2.75) is 6.18 Å². The lowest BCUT2D eigenvalue weighted by Gasteiger charge is -2.11. The molecular formula is C10H5F4IN2O2. The van der Waals surface area contributed by atoms with Gasteiger partial charge in [-0.3, -0.25) is 0 Å². The summed E-state index contributed by atoms with van der Waals surface area (Å²) in [7, 11) is 0.965. The number of halogens is 5. The van der Waals surface area contributed by atoms with Crippen molar-refractivity contribution < 1.29 is 26.7 Å². The van der Waals surface area contributed by atoms with Gasteiger partial charge in [0.1, 0.15) is 0 Å². The van der Waals surface area contributed by atoms with E-state index in [2.05, 4.69) is 14.7 Å². The zero-order valence-corrected chi connectivity index (χ0v) is 11.4. The quantitative estimate of drug-likeness (QED) is 0.449. The van der Waals surface area contributed by atoms with Crippen molar-refractivity contribution >= 4 is 22.6 Å². The Morgan fingerprint density at radius 1 is 1.26 bits per heavy atom. The Labute approximate surface area is 117 Å². The summed E-state index contributed by atoms with van der Waals surface area (Å²) in [5, 5.41) is 0. The minimum Gasteiger partial charge on any atom is -0.480 e. The maximum atomic E-state index is 13.5. The van der Waals surface area contributed by atoms with Crippen molar-refractivity contribution in [1.29, 1.82) is 0 Å². The zero-order valence-electron chi connectivity index (χ0n) is 9.26. The molecule has 19 heavy (non-hydrogen) atoms. The maximum absolute atomic E-state index is 13.5. The normalized spacial score (nSPS) is 11.7. The predicted molar refractivity (Wildman–Crippen MR) is 64.0 cm³/mol. The van der Waals surface area contributed by atoms with Crippen LogP contribution in [0, 0.1) is 9.71 Å². The summed E-state index contributed by atoms with van der Waals surface area (Å²) in [5.41, 5.74) is -1.64. The number of furan rings is 1. The average Bonchev–Trinajstić information content (AvgIpc) is 2.73. The van der Waals surface area contributed by atoms with Gasteiger partial charge in [0.2, 0.25) is 17.7 Å². The van der Waals surface area contributed by atoms with Gasteiger partial charge in [-0.2, -0.15) is 27.5 Å². The molecule has 0 fully saturated rings. The van der Waals surface area contributed by atoms with Gasteiger partial charge in [0, 0.05) is 0 Å². The topological polar surface area (TPSA) is 48.2 Å². The molecule has 0 aromatic carbocycles. The summed E-state index contributed by atoms with van der Waals surface area (Å²) in [5.74, 6) is -2.86. The van der Waals surface area contributed by atoms with Crippen LogP contribution in [0.25, 0.3) is 11.6 Å². The average molecular weight is 388 g/mol. The van der Waals surface area contributed by atoms with Gasteiger partial charge in [0.25, 0.3) is 0 Å². The fraction of sp³-hybridized carbons (Fsp3) is 0.200. The van der Waals surface area contributed by atoms with Crippen LogP contribution in [0.3, 0.4) is 0 Å². The fourth-order valence-corrected chi connectivity index (χ4v) is 1.76. The summed E-state index contributed by atoms with van der Waals surface area (Å²) in [4.78, 5) is 6.67. The minimum absolute atomic E-state index is 0.0512. The van der Waals surface area contributed by atoms with Crippen LogP contribution in [0.2, 0.25) is 0 Å². The molecule has 102 valence electrons. The second-order valence-electron chi connectivity index (χ2n) is 3.32. The summed E-state index contributed by atoms with van der Waals surface area (Å²) >= 11 is 1.85. The van der Waals surface area contributed by atoms with Crippen molar-refractivity contribution in [3.8, 4) is 17.5 Å². The van der Waals surface area contributed by atoms with Gasteiger partial charge < -0.3 is 9.15 Å². The van der Waals surface area contributed by atoms with Crippen LogP contribution in [0.4, 0.5) is 17.6 Å². The van der Waals surface area contributed by atoms with E-state index in [1.165, 1.54) is 6.07 Å². The van der Waals surface area contributed by atoms with Crippen LogP contribution in [-0.2, 0) is 6.18 Å². The Hall–Kier alpha value is -1.39. The summed E-state index contributed by atoms with van der Waals surface area (Å²) in [6, 6.07) is 2.96. The smallest absolute Gasteiger partial charge is 0.426 e. The Balaban J connectivity index is 2.60. The van der Waals surface area contributed by atoms with Crippen molar-refractivity contribution in [3.05, 3.63) is 27.4 Å². The van der Waals surface area contributed by atoms with Crippen LogP contribution in [0.1, 0.15) is 5.56 Å². The molecule has 0 bridgehead atoms. The van der Waals surface area contributed by atoms with Crippen molar-refractivity contribution in [3.63, 3.8) is 0 Å². The molecule has 2 rings (SSSR count). The van der Waals surface area contributed by atoms with Crippen molar-refractivity contribution in [2.75, 3.05) is 7.11 Å². The molecule has 9 heteroatoms. The number of ether oxygens (including phenoxy) is 1. The van der Waals surface area contributed by atoms with E-state index in [9.17, 15) is 17.6 Å². The first-order chi connectivity index (χ1) is 8.82. The van der Waals surface area contributed by atoms with E-state index in [0.717, 1.165) is 7.11 Å². The molecule has 0 unspecified atom stereocenters. The molecule has 0 N–H and O–H groups in total. The van der Waals surface area contributed by atoms with Gasteiger partial charge >= 0.3 is 6.18 Å². The van der Waals surface area contributed by atoms with Crippen LogP contribution >= 0.6 is 22.6 Å². The molecule has 4 nitrogen and oxygen atoms in total. The second kappa shape index (κ2) is 4.94. The zero-order chi connectivity index (χ0) is 14.2. The molecule has 0 atom stereocenters. The number of aromatic nitrogens is 2. The predicted octanol–water partition coefficient (Wildman–Crippen LogP) is 3.51. The molecule has 2 aromatic heterocycles. The first kappa shape index (κ1) is 14.0. The molecule has 0 saturated carbocycles. The number of methoxy groups -OCH3 is 1. The van der Waals surface area contributed by atoms with Gasteiger partial charge in [0.05, 0.1) is 7.11 Å². The summed E-state index contributed by atoms with van der Waals surface area (Å²) < 4.78 is 61.4. The van der Waals surface area contributed by atoms with Gasteiger partial charge in [-0.1, -0.05) is 0 Å². The molecule has 0 radical (unpaired) electrons. The van der Waals surface area contributed by atoms with Gasteiger partial charge in [-0.25, -0.2) is 0 Å². The summed E-state index contributed by atoms with van der Waals surface area (Å²) in [6.07, 6.45) is -4.94. The lowest BCUT2D eigenvalue weighted by Crippen LogP contribution is -2.14. The van der Waals surface area contributed by atoms with E-state index in [1.54, 1.807) is 6.07 Å². The lowest BCUT2D eigenvalue weighted by atomic mass is 10.3. The highest BCUT2D eigenvalue weighted by atomic mass is 127. The van der Waals surface area contributed by atoms with E-state index in [-0.39, 0.29) is 11.6 Å². The third kappa shape index (κ3) is 2.80. The first-order valence-corrected chi connectivity index (χ1v) is 5.85. The number of rotatable bonds is 2. The van der Waals surface area contributed by atoms with Crippen molar-refractivity contribution in [1.82, 2.24) is 9.97 Å². The van der Waals surface area contributed by atoms with Crippen molar-refractivity contribution in [2.24, 2.45) is 0 Å². The largest absolute Gasteiger partial charge is 0.480 e. The molecule has 0 amide bonds. The Kier molecular flexibility index (Phi) is 3.65. The molecule has 2 heterocycles. The van der Waals surface area contributed by atoms with E-state index in [1.807, 2.05) is 22.6 Å². The molecule has 0 spiro atoms. The highest BCUT2D eigenvalue weighted by Crippen LogP contribution is 2.37. The number of alkyl halides is 3. The Morgan fingerprint density at radius 2 is 1.95 bits per heavy atom. The maximum Gasteiger partial charge on any atom is 0.426 e. The molecule has 2 aromatic rings. The van der Waals surface area contributed by atoms with Gasteiger partial charge in [-0.15, -0.1) is 0 Å². The van der Waals surface area contributed by atoms with E-state index < -0.39 is 23.6 Å². The lowest BCUT2D eigenvalue weighted by molar-refractivity contribution is -0.142. The van der Waals surface area contributed by atoms with Crippen LogP contribution in [0.5, 0.6) is 5.88 Å². The fourth-order valence-electron chi connectivity index (χ4n) is 1.34. The van der Waals surface area contributed by atoms with Gasteiger partial charge in [-0.05, 0) is 34.7 Å². The van der Waals surface area contributed by atoms with E-state index in [0.29, 0.717) is 3.77 Å². The van der Waals surface area contributed by atoms with E-state index >= 15 is 0 Å². The van der Waals surface area contributed by atoms with E-state index in [4.69, 9.17) is 4.42 Å². The van der Waals surface area contributed by atoms with Gasteiger partial charge in [0.15, 0.2) is 15.1 Å². The molecule has 0 aliphatic carbocycles. The molecule has 0 aliphatic rings. The Bertz CT molecular complexity index is 612. The Morgan fingerprint density at radius 3 is 2.42 bits per heavy atom. The monoisotopic (exact) mass is 388 g/mol. The number of nitrogens with zero attached hydrogens (tertiary/aromatic N) is 2. The third-order valence-corrected chi connectivity index (χ3v) is 2.68. The first-order valence-electron chi connectivity index (χ1n) is 4.77. The van der Waals surface area contributed by atoms with Crippen LogP contribution in [-0.4, -0.2) is 17.1 Å². The highest BCUT2D eigenvalue weighted by Gasteiger charge is 2.40. The second-order valence-corrected chi connectivity index (χ2v) is 4.39. The third-order valence-electron chi connectivity index (χ3n) is 2.10. The summed E-state index contributed by atoms with van der Waals surface area (Å²) in [6.45, 7) is 0. The highest BCUT2D eigenvalue weighted by molar-refractivity contribution is 14.1. The number of hydrogen-bond donors (Lipinski definition) is 0. The minimum atomic E-state index is -4.94. The molecule has 0 saturated heterocycles.